The zero-order chi connectivity index (χ0) is 15.9. The van der Waals surface area contributed by atoms with Crippen molar-refractivity contribution in [1.29, 1.82) is 0 Å². The molecule has 23 heavy (non-hydrogen) atoms. The van der Waals surface area contributed by atoms with Gasteiger partial charge in [-0.25, -0.2) is 0 Å². The maximum atomic E-state index is 4.37. The number of thioether (sulfide) groups is 1. The molecule has 0 bridgehead atoms. The zero-order valence-corrected chi connectivity index (χ0v) is 17.8. The summed E-state index contributed by atoms with van der Waals surface area (Å²) in [6.45, 7) is 5.31. The molecular formula is C18H30IN3S. The van der Waals surface area contributed by atoms with Gasteiger partial charge < -0.3 is 10.6 Å². The minimum atomic E-state index is 0. The summed E-state index contributed by atoms with van der Waals surface area (Å²) in [7, 11) is 1.85. The number of hydrogen-bond donors (Lipinski definition) is 2. The van der Waals surface area contributed by atoms with Crippen LogP contribution in [0.2, 0.25) is 0 Å². The fourth-order valence-corrected chi connectivity index (χ4v) is 3.81. The Bertz CT molecular complexity index is 507. The maximum absolute atomic E-state index is 4.37. The Labute approximate surface area is 162 Å². The van der Waals surface area contributed by atoms with Crippen LogP contribution >= 0.6 is 35.7 Å². The van der Waals surface area contributed by atoms with E-state index in [0.29, 0.717) is 12.0 Å². The molecule has 0 spiro atoms. The number of aryl methyl sites for hydroxylation is 1. The molecule has 0 saturated heterocycles. The Kier molecular flexibility index (Phi) is 9.36. The van der Waals surface area contributed by atoms with E-state index in [0.717, 1.165) is 17.8 Å². The van der Waals surface area contributed by atoms with Crippen molar-refractivity contribution >= 4 is 41.7 Å². The van der Waals surface area contributed by atoms with Gasteiger partial charge in [0, 0.05) is 24.9 Å². The van der Waals surface area contributed by atoms with Gasteiger partial charge in [-0.3, -0.25) is 4.99 Å². The van der Waals surface area contributed by atoms with Gasteiger partial charge in [-0.15, -0.1) is 24.0 Å². The van der Waals surface area contributed by atoms with Crippen LogP contribution in [0, 0.1) is 6.92 Å². The molecule has 0 aliphatic heterocycles. The van der Waals surface area contributed by atoms with Gasteiger partial charge in [-0.2, -0.15) is 11.8 Å². The van der Waals surface area contributed by atoms with Crippen LogP contribution < -0.4 is 10.6 Å². The van der Waals surface area contributed by atoms with Gasteiger partial charge >= 0.3 is 0 Å². The second kappa shape index (κ2) is 10.4. The summed E-state index contributed by atoms with van der Waals surface area (Å²) in [6, 6.07) is 9.32. The van der Waals surface area contributed by atoms with E-state index in [4.69, 9.17) is 0 Å². The van der Waals surface area contributed by atoms with Crippen LogP contribution in [0.1, 0.15) is 43.2 Å². The highest BCUT2D eigenvalue weighted by Gasteiger charge is 2.24. The van der Waals surface area contributed by atoms with E-state index in [1.165, 1.54) is 30.4 Å². The first kappa shape index (κ1) is 20.6. The third kappa shape index (κ3) is 6.53. The zero-order valence-electron chi connectivity index (χ0n) is 14.6. The van der Waals surface area contributed by atoms with Crippen LogP contribution in [0.3, 0.4) is 0 Å². The van der Waals surface area contributed by atoms with E-state index >= 15 is 0 Å². The van der Waals surface area contributed by atoms with Crippen molar-refractivity contribution in [3.05, 3.63) is 35.4 Å². The van der Waals surface area contributed by atoms with Crippen LogP contribution in [-0.4, -0.2) is 37.1 Å². The Morgan fingerprint density at radius 1 is 1.39 bits per heavy atom. The molecule has 3 atom stereocenters. The summed E-state index contributed by atoms with van der Waals surface area (Å²) in [5, 5.41) is 7.86. The molecule has 2 rings (SSSR count). The van der Waals surface area contributed by atoms with Gasteiger partial charge in [0.05, 0.1) is 0 Å². The molecule has 0 aromatic heterocycles. The molecule has 0 radical (unpaired) electrons. The minimum Gasteiger partial charge on any atom is -0.356 e. The molecule has 130 valence electrons. The second-order valence-electron chi connectivity index (χ2n) is 6.28. The fourth-order valence-electron chi connectivity index (χ4n) is 3.02. The summed E-state index contributed by atoms with van der Waals surface area (Å²) < 4.78 is 0. The molecule has 1 aliphatic carbocycles. The van der Waals surface area contributed by atoms with E-state index in [1.54, 1.807) is 0 Å². The number of nitrogens with one attached hydrogen (secondary N) is 2. The first-order valence-electron chi connectivity index (χ1n) is 8.19. The van der Waals surface area contributed by atoms with Crippen LogP contribution in [0.5, 0.6) is 0 Å². The van der Waals surface area contributed by atoms with Crippen molar-refractivity contribution in [2.75, 3.05) is 19.8 Å². The lowest BCUT2D eigenvalue weighted by Gasteiger charge is -2.20. The van der Waals surface area contributed by atoms with Crippen LogP contribution in [0.4, 0.5) is 0 Å². The lowest BCUT2D eigenvalue weighted by Crippen LogP contribution is -2.43. The van der Waals surface area contributed by atoms with Crippen LogP contribution in [0.25, 0.3) is 0 Å². The predicted octanol–water partition coefficient (Wildman–Crippen LogP) is 4.17. The summed E-state index contributed by atoms with van der Waals surface area (Å²) in [5.74, 6) is 1.41. The molecule has 1 fully saturated rings. The third-order valence-electron chi connectivity index (χ3n) is 4.47. The Balaban J connectivity index is 0.00000264. The third-order valence-corrected chi connectivity index (χ3v) is 5.56. The van der Waals surface area contributed by atoms with Crippen LogP contribution in [-0.2, 0) is 0 Å². The van der Waals surface area contributed by atoms with Gasteiger partial charge in [0.25, 0.3) is 0 Å². The van der Waals surface area contributed by atoms with Crippen molar-refractivity contribution in [2.24, 2.45) is 4.99 Å². The quantitative estimate of drug-likeness (QED) is 0.404. The number of guanidine groups is 1. The van der Waals surface area contributed by atoms with Crippen molar-refractivity contribution in [3.63, 3.8) is 0 Å². The first-order valence-corrected chi connectivity index (χ1v) is 9.47. The standard InChI is InChI=1S/C18H29N3S.HI/c1-13-6-5-7-15(10-13)14(2)12-20-18(19-3)21-16-8-9-17(11-16)22-4;/h5-7,10,14,16-17H,8-9,11-12H2,1-4H3,(H2,19,20,21);1H. The monoisotopic (exact) mass is 447 g/mol. The van der Waals surface area contributed by atoms with Gasteiger partial charge in [-0.05, 0) is 43.9 Å². The molecule has 2 N–H and O–H groups in total. The molecule has 3 nitrogen and oxygen atoms in total. The molecule has 0 heterocycles. The van der Waals surface area contributed by atoms with Gasteiger partial charge in [0.15, 0.2) is 5.96 Å². The minimum absolute atomic E-state index is 0. The van der Waals surface area contributed by atoms with Crippen LogP contribution in [0.15, 0.2) is 29.3 Å². The van der Waals surface area contributed by atoms with Gasteiger partial charge in [0.1, 0.15) is 0 Å². The second-order valence-corrected chi connectivity index (χ2v) is 7.42. The highest BCUT2D eigenvalue weighted by Crippen LogP contribution is 2.28. The highest BCUT2D eigenvalue weighted by molar-refractivity contribution is 14.0. The lowest BCUT2D eigenvalue weighted by molar-refractivity contribution is 0.606. The van der Waals surface area contributed by atoms with Crippen molar-refractivity contribution in [2.45, 2.75) is 50.3 Å². The fraction of sp³-hybridized carbons (Fsp3) is 0.611. The van der Waals surface area contributed by atoms with Gasteiger partial charge in [-0.1, -0.05) is 36.8 Å². The number of benzene rings is 1. The molecule has 1 aliphatic rings. The number of rotatable bonds is 5. The number of aliphatic imine (C=N–C) groups is 1. The largest absolute Gasteiger partial charge is 0.356 e. The average Bonchev–Trinajstić information content (AvgIpc) is 2.98. The summed E-state index contributed by atoms with van der Waals surface area (Å²) >= 11 is 1.99. The van der Waals surface area contributed by atoms with E-state index in [-0.39, 0.29) is 24.0 Å². The summed E-state index contributed by atoms with van der Waals surface area (Å²) in [5.41, 5.74) is 2.70. The van der Waals surface area contributed by atoms with Gasteiger partial charge in [0.2, 0.25) is 0 Å². The maximum Gasteiger partial charge on any atom is 0.191 e. The summed E-state index contributed by atoms with van der Waals surface area (Å²) in [4.78, 5) is 4.37. The Hall–Kier alpha value is -0.430. The lowest BCUT2D eigenvalue weighted by atomic mass is 9.99. The van der Waals surface area contributed by atoms with E-state index < -0.39 is 0 Å². The Morgan fingerprint density at radius 3 is 2.78 bits per heavy atom. The van der Waals surface area contributed by atoms with E-state index in [1.807, 2.05) is 18.8 Å². The summed E-state index contributed by atoms with van der Waals surface area (Å²) in [6.07, 6.45) is 6.02. The SMILES string of the molecule is CN=C(NCC(C)c1cccc(C)c1)NC1CCC(SC)C1.I. The molecule has 5 heteroatoms. The molecule has 0 amide bonds. The van der Waals surface area contributed by atoms with Crippen molar-refractivity contribution < 1.29 is 0 Å². The highest BCUT2D eigenvalue weighted by atomic mass is 127. The Morgan fingerprint density at radius 2 is 2.17 bits per heavy atom. The van der Waals surface area contributed by atoms with Crippen molar-refractivity contribution in [1.82, 2.24) is 10.6 Å². The smallest absolute Gasteiger partial charge is 0.191 e. The number of nitrogens with zero attached hydrogens (tertiary/aromatic N) is 1. The average molecular weight is 447 g/mol. The molecule has 1 saturated carbocycles. The molecule has 1 aromatic rings. The normalized spacial score (nSPS) is 22.3. The number of halogens is 1. The topological polar surface area (TPSA) is 36.4 Å². The number of hydrogen-bond acceptors (Lipinski definition) is 2. The molecular weight excluding hydrogens is 417 g/mol. The van der Waals surface area contributed by atoms with E-state index in [9.17, 15) is 0 Å². The molecule has 1 aromatic carbocycles. The van der Waals surface area contributed by atoms with Crippen molar-refractivity contribution in [3.8, 4) is 0 Å². The molecule has 3 unspecified atom stereocenters. The van der Waals surface area contributed by atoms with E-state index in [2.05, 4.69) is 60.0 Å². The predicted molar refractivity (Wildman–Crippen MR) is 114 cm³/mol. The first-order chi connectivity index (χ1) is 10.6.